The van der Waals surface area contributed by atoms with E-state index in [-0.39, 0.29) is 27.4 Å². The molecule has 2 aromatic rings. The van der Waals surface area contributed by atoms with Gasteiger partial charge in [-0.2, -0.15) is 0 Å². The van der Waals surface area contributed by atoms with E-state index in [2.05, 4.69) is 17.2 Å². The third-order valence-electron chi connectivity index (χ3n) is 4.17. The van der Waals surface area contributed by atoms with Crippen molar-refractivity contribution in [2.45, 2.75) is 18.9 Å². The number of halogens is 4. The average Bonchev–Trinajstić information content (AvgIpc) is 2.69. The van der Waals surface area contributed by atoms with E-state index in [4.69, 9.17) is 32.7 Å². The quantitative estimate of drug-likeness (QED) is 0.693. The van der Waals surface area contributed by atoms with Gasteiger partial charge in [0.2, 0.25) is 0 Å². The number of carbonyl (C=O) groups is 2. The Kier molecular flexibility index (Phi) is 6.79. The van der Waals surface area contributed by atoms with Crippen LogP contribution in [0.4, 0.5) is 8.78 Å². The summed E-state index contributed by atoms with van der Waals surface area (Å²) in [4.78, 5) is 24.3. The van der Waals surface area contributed by atoms with Gasteiger partial charge in [-0.3, -0.25) is 9.59 Å². The Labute approximate surface area is 180 Å². The van der Waals surface area contributed by atoms with E-state index in [0.29, 0.717) is 18.4 Å². The second-order valence-electron chi connectivity index (χ2n) is 6.40. The summed E-state index contributed by atoms with van der Waals surface area (Å²) in [6, 6.07) is 6.34. The Hall–Kier alpha value is -2.84. The number of fused-ring (bicyclic) bond motifs is 1. The van der Waals surface area contributed by atoms with Gasteiger partial charge in [0.1, 0.15) is 29.0 Å². The van der Waals surface area contributed by atoms with Crippen LogP contribution in [0.5, 0.6) is 11.5 Å². The Morgan fingerprint density at radius 2 is 1.87 bits per heavy atom. The normalized spacial score (nSPS) is 14.9. The molecule has 0 aromatic heterocycles. The molecule has 158 valence electrons. The van der Waals surface area contributed by atoms with Gasteiger partial charge in [0.25, 0.3) is 11.8 Å². The lowest BCUT2D eigenvalue weighted by Crippen LogP contribution is -2.44. The summed E-state index contributed by atoms with van der Waals surface area (Å²) < 4.78 is 37.6. The zero-order valence-electron chi connectivity index (χ0n) is 15.4. The molecule has 1 heterocycles. The van der Waals surface area contributed by atoms with Crippen LogP contribution in [0.1, 0.15) is 12.0 Å². The molecule has 0 aliphatic carbocycles. The molecule has 1 atom stereocenters. The van der Waals surface area contributed by atoms with Gasteiger partial charge in [-0.1, -0.05) is 29.8 Å². The molecule has 2 aromatic carbocycles. The monoisotopic (exact) mass is 456 g/mol. The fraction of sp³-hybridized carbons (Fsp3) is 0.200. The Morgan fingerprint density at radius 3 is 2.60 bits per heavy atom. The van der Waals surface area contributed by atoms with Crippen molar-refractivity contribution in [2.75, 3.05) is 6.61 Å². The molecule has 0 fully saturated rings. The molecule has 2 N–H and O–H groups in total. The van der Waals surface area contributed by atoms with E-state index in [1.165, 1.54) is 18.2 Å². The van der Waals surface area contributed by atoms with E-state index < -0.39 is 36.2 Å². The maximum absolute atomic E-state index is 13.6. The third-order valence-corrected chi connectivity index (χ3v) is 4.76. The van der Waals surface area contributed by atoms with Crippen molar-refractivity contribution in [1.82, 2.24) is 10.6 Å². The minimum atomic E-state index is -0.889. The fourth-order valence-electron chi connectivity index (χ4n) is 2.74. The number of carbonyl (C=O) groups excluding carboxylic acids is 2. The highest BCUT2D eigenvalue weighted by Crippen LogP contribution is 2.32. The number of aryl methyl sites for hydroxylation is 1. The predicted molar refractivity (Wildman–Crippen MR) is 106 cm³/mol. The van der Waals surface area contributed by atoms with Gasteiger partial charge in [-0.25, -0.2) is 8.78 Å². The molecule has 1 aliphatic rings. The number of hydrogen-bond donors (Lipinski definition) is 2. The number of amides is 2. The van der Waals surface area contributed by atoms with Crippen LogP contribution in [0.3, 0.4) is 0 Å². The summed E-state index contributed by atoms with van der Waals surface area (Å²) in [5.41, 5.74) is 0.702. The van der Waals surface area contributed by atoms with Crippen LogP contribution in [0.25, 0.3) is 0 Å². The zero-order chi connectivity index (χ0) is 21.8. The fourth-order valence-corrected chi connectivity index (χ4v) is 3.04. The van der Waals surface area contributed by atoms with E-state index in [1.807, 2.05) is 0 Å². The van der Waals surface area contributed by atoms with E-state index in [1.54, 1.807) is 0 Å². The SMILES string of the molecule is C=C(NC(=O)COc1ccc(Cl)c(F)c1)NC(=O)[C@H]1CCc2cc(Cl)c(F)cc2O1. The lowest BCUT2D eigenvalue weighted by atomic mass is 10.0. The van der Waals surface area contributed by atoms with Gasteiger partial charge in [-0.05, 0) is 36.6 Å². The molecule has 1 aliphatic heterocycles. The van der Waals surface area contributed by atoms with Crippen molar-refractivity contribution in [3.63, 3.8) is 0 Å². The molecule has 10 heteroatoms. The maximum Gasteiger partial charge on any atom is 0.266 e. The van der Waals surface area contributed by atoms with Crippen LogP contribution in [0.15, 0.2) is 42.7 Å². The number of benzene rings is 2. The van der Waals surface area contributed by atoms with Crippen molar-refractivity contribution in [3.8, 4) is 11.5 Å². The second kappa shape index (κ2) is 9.32. The molecular weight excluding hydrogens is 441 g/mol. The van der Waals surface area contributed by atoms with Gasteiger partial charge >= 0.3 is 0 Å². The minimum Gasteiger partial charge on any atom is -0.484 e. The lowest BCUT2D eigenvalue weighted by molar-refractivity contribution is -0.128. The number of hydrogen-bond acceptors (Lipinski definition) is 4. The Morgan fingerprint density at radius 1 is 1.13 bits per heavy atom. The van der Waals surface area contributed by atoms with Crippen molar-refractivity contribution >= 4 is 35.0 Å². The lowest BCUT2D eigenvalue weighted by Gasteiger charge is -2.25. The summed E-state index contributed by atoms with van der Waals surface area (Å²) >= 11 is 11.3. The predicted octanol–water partition coefficient (Wildman–Crippen LogP) is 3.75. The molecule has 0 radical (unpaired) electrons. The molecule has 0 bridgehead atoms. The molecule has 0 spiro atoms. The zero-order valence-corrected chi connectivity index (χ0v) is 16.9. The highest BCUT2D eigenvalue weighted by atomic mass is 35.5. The first-order chi connectivity index (χ1) is 14.2. The summed E-state index contributed by atoms with van der Waals surface area (Å²) in [7, 11) is 0. The smallest absolute Gasteiger partial charge is 0.266 e. The summed E-state index contributed by atoms with van der Waals surface area (Å²) in [5, 5.41) is 4.67. The maximum atomic E-state index is 13.6. The van der Waals surface area contributed by atoms with Crippen LogP contribution in [0, 0.1) is 11.6 Å². The van der Waals surface area contributed by atoms with Crippen molar-refractivity contribution < 1.29 is 27.8 Å². The van der Waals surface area contributed by atoms with Gasteiger partial charge in [0.05, 0.1) is 10.0 Å². The highest BCUT2D eigenvalue weighted by Gasteiger charge is 2.27. The van der Waals surface area contributed by atoms with E-state index in [0.717, 1.165) is 12.1 Å². The molecule has 6 nitrogen and oxygen atoms in total. The van der Waals surface area contributed by atoms with E-state index >= 15 is 0 Å². The van der Waals surface area contributed by atoms with Gasteiger partial charge in [0.15, 0.2) is 12.7 Å². The Bertz CT molecular complexity index is 1020. The largest absolute Gasteiger partial charge is 0.484 e. The van der Waals surface area contributed by atoms with Gasteiger partial charge < -0.3 is 20.1 Å². The molecule has 2 amide bonds. The standard InChI is InChI=1S/C20H16Cl2F2N2O4/c1-10(25-19(27)9-29-12-3-4-13(21)15(23)7-12)26-20(28)17-5-2-11-6-14(22)16(24)8-18(11)30-17/h3-4,6-8,17H,1-2,5,9H2,(H,25,27)(H,26,28)/t17-/m1/s1. The van der Waals surface area contributed by atoms with Crippen LogP contribution >= 0.6 is 23.2 Å². The van der Waals surface area contributed by atoms with Crippen molar-refractivity contribution in [3.05, 3.63) is 70.0 Å². The number of nitrogens with one attached hydrogen (secondary N) is 2. The molecule has 3 rings (SSSR count). The van der Waals surface area contributed by atoms with Crippen LogP contribution in [-0.2, 0) is 16.0 Å². The highest BCUT2D eigenvalue weighted by molar-refractivity contribution is 6.31. The molecule has 0 unspecified atom stereocenters. The van der Waals surface area contributed by atoms with Gasteiger partial charge in [-0.15, -0.1) is 0 Å². The molecule has 30 heavy (non-hydrogen) atoms. The second-order valence-corrected chi connectivity index (χ2v) is 7.21. The summed E-state index contributed by atoms with van der Waals surface area (Å²) in [6.07, 6.45) is -0.0783. The summed E-state index contributed by atoms with van der Waals surface area (Å²) in [6.45, 7) is 3.11. The third kappa shape index (κ3) is 5.40. The minimum absolute atomic E-state index is 0.0140. The molecule has 0 saturated carbocycles. The van der Waals surface area contributed by atoms with Crippen molar-refractivity contribution in [1.29, 1.82) is 0 Å². The van der Waals surface area contributed by atoms with E-state index in [9.17, 15) is 18.4 Å². The van der Waals surface area contributed by atoms with Crippen LogP contribution in [0.2, 0.25) is 10.0 Å². The molecule has 0 saturated heterocycles. The number of rotatable bonds is 6. The van der Waals surface area contributed by atoms with Crippen LogP contribution < -0.4 is 20.1 Å². The van der Waals surface area contributed by atoms with Gasteiger partial charge in [0, 0.05) is 12.1 Å². The molecular formula is C20H16Cl2F2N2O4. The Balaban J connectivity index is 1.48. The summed E-state index contributed by atoms with van der Waals surface area (Å²) in [5.74, 6) is -2.24. The first-order valence-corrected chi connectivity index (χ1v) is 9.50. The first kappa shape index (κ1) is 21.9. The number of ether oxygens (including phenoxy) is 2. The topological polar surface area (TPSA) is 76.7 Å². The van der Waals surface area contributed by atoms with Crippen LogP contribution in [-0.4, -0.2) is 24.5 Å². The first-order valence-electron chi connectivity index (χ1n) is 8.75. The average molecular weight is 457 g/mol. The van der Waals surface area contributed by atoms with Crippen molar-refractivity contribution in [2.24, 2.45) is 0 Å².